The number of rotatable bonds is 4. The summed E-state index contributed by atoms with van der Waals surface area (Å²) in [6.07, 6.45) is 0. The van der Waals surface area contributed by atoms with E-state index < -0.39 is 0 Å². The molecule has 2 N–H and O–H groups in total. The van der Waals surface area contributed by atoms with Gasteiger partial charge in [0.25, 0.3) is 0 Å². The zero-order valence-electron chi connectivity index (χ0n) is 38.3. The van der Waals surface area contributed by atoms with E-state index in [-0.39, 0.29) is 21.7 Å². The van der Waals surface area contributed by atoms with E-state index in [0.29, 0.717) is 10.0 Å². The van der Waals surface area contributed by atoms with Crippen LogP contribution in [0.4, 0.5) is 0 Å². The van der Waals surface area contributed by atoms with Crippen LogP contribution >= 0.6 is 23.2 Å². The predicted molar refractivity (Wildman–Crippen MR) is 272 cm³/mol. The molecular weight excluding hydrogens is 796 g/mol. The smallest absolute Gasteiger partial charge is 0.0559 e. The number of nitrogens with one attached hydrogen (secondary N) is 2. The molecule has 0 saturated carbocycles. The monoisotopic (exact) mass is 852 g/mol. The first kappa shape index (κ1) is 42.0. The van der Waals surface area contributed by atoms with Crippen molar-refractivity contribution in [3.63, 3.8) is 0 Å². The number of halogens is 2. The zero-order valence-corrected chi connectivity index (χ0v) is 39.8. The molecule has 9 rings (SSSR count). The van der Waals surface area contributed by atoms with E-state index in [2.05, 4.69) is 190 Å². The molecule has 0 bridgehead atoms. The number of benzene rings is 7. The third-order valence-corrected chi connectivity index (χ3v) is 13.6. The quantitative estimate of drug-likeness (QED) is 0.177. The topological polar surface area (TPSA) is 31.6 Å². The Morgan fingerprint density at radius 2 is 0.645 bits per heavy atom. The second-order valence-corrected chi connectivity index (χ2v) is 22.3. The van der Waals surface area contributed by atoms with Gasteiger partial charge in [0.05, 0.1) is 22.1 Å². The van der Waals surface area contributed by atoms with Gasteiger partial charge in [0.1, 0.15) is 0 Å². The van der Waals surface area contributed by atoms with Crippen LogP contribution in [0.5, 0.6) is 0 Å². The Bertz CT molecular complexity index is 2950. The van der Waals surface area contributed by atoms with E-state index >= 15 is 0 Å². The predicted octanol–water partition coefficient (Wildman–Crippen LogP) is 18.1. The maximum Gasteiger partial charge on any atom is 0.0559 e. The summed E-state index contributed by atoms with van der Waals surface area (Å²) in [6, 6.07) is 44.3. The first-order valence-electron chi connectivity index (χ1n) is 22.0. The van der Waals surface area contributed by atoms with E-state index in [0.717, 1.165) is 77.0 Å². The zero-order chi connectivity index (χ0) is 44.3. The van der Waals surface area contributed by atoms with Crippen molar-refractivity contribution in [1.82, 2.24) is 9.97 Å². The van der Waals surface area contributed by atoms with Crippen molar-refractivity contribution in [2.75, 3.05) is 0 Å². The summed E-state index contributed by atoms with van der Waals surface area (Å²) in [6.45, 7) is 27.6. The van der Waals surface area contributed by atoms with Crippen molar-refractivity contribution in [3.8, 4) is 44.5 Å². The van der Waals surface area contributed by atoms with E-state index in [1.807, 2.05) is 24.3 Å². The summed E-state index contributed by atoms with van der Waals surface area (Å²) < 4.78 is 0. The Kier molecular flexibility index (Phi) is 9.93. The van der Waals surface area contributed by atoms with Gasteiger partial charge in [-0.25, -0.2) is 0 Å². The Morgan fingerprint density at radius 3 is 0.952 bits per heavy atom. The van der Waals surface area contributed by atoms with E-state index in [1.165, 1.54) is 33.4 Å². The number of hydrogen-bond acceptors (Lipinski definition) is 0. The SMILES string of the molecule is CC(C)(C)c1cc(-c2cccc3c2[nH]c2c(-c4ccccc4Cl)c4c([nH]c5c(-c6cc(C(C)(C)C)cc(C(C)(C)C)c6)cccc54)c(-c4ccccc4Cl)c23)cc(C(C)(C)C)c1. The molecule has 2 aromatic heterocycles. The van der Waals surface area contributed by atoms with E-state index in [1.54, 1.807) is 0 Å². The van der Waals surface area contributed by atoms with Gasteiger partial charge in [0, 0.05) is 65.0 Å². The molecule has 7 aromatic carbocycles. The Hall–Kier alpha value is -5.28. The fraction of sp³-hybridized carbons (Fsp3) is 0.276. The number of aromatic nitrogens is 2. The lowest BCUT2D eigenvalue weighted by atomic mass is 9.78. The third-order valence-electron chi connectivity index (χ3n) is 12.9. The molecule has 2 nitrogen and oxygen atoms in total. The average Bonchev–Trinajstić information content (AvgIpc) is 3.78. The van der Waals surface area contributed by atoms with Crippen LogP contribution in [0.2, 0.25) is 10.0 Å². The average molecular weight is 854 g/mol. The molecule has 0 saturated heterocycles. The lowest BCUT2D eigenvalue weighted by molar-refractivity contribution is 0.568. The molecule has 0 fully saturated rings. The van der Waals surface area contributed by atoms with Crippen LogP contribution in [0.25, 0.3) is 88.1 Å². The molecule has 0 unspecified atom stereocenters. The van der Waals surface area contributed by atoms with Crippen LogP contribution in [-0.2, 0) is 21.7 Å². The highest BCUT2D eigenvalue weighted by Crippen LogP contribution is 2.52. The maximum atomic E-state index is 7.31. The number of H-pyrrole nitrogens is 2. The van der Waals surface area contributed by atoms with Gasteiger partial charge in [-0.05, 0) is 67.2 Å². The molecular formula is C58H58Cl2N2. The van der Waals surface area contributed by atoms with Gasteiger partial charge in [-0.3, -0.25) is 0 Å². The molecule has 0 amide bonds. The molecule has 9 aromatic rings. The number of fused-ring (bicyclic) bond motifs is 6. The van der Waals surface area contributed by atoms with Crippen molar-refractivity contribution < 1.29 is 0 Å². The van der Waals surface area contributed by atoms with Gasteiger partial charge < -0.3 is 9.97 Å². The Morgan fingerprint density at radius 1 is 0.339 bits per heavy atom. The van der Waals surface area contributed by atoms with E-state index in [9.17, 15) is 0 Å². The highest BCUT2D eigenvalue weighted by atomic mass is 35.5. The van der Waals surface area contributed by atoms with Crippen LogP contribution in [0, 0.1) is 0 Å². The van der Waals surface area contributed by atoms with Gasteiger partial charge in [-0.15, -0.1) is 0 Å². The van der Waals surface area contributed by atoms with Crippen molar-refractivity contribution in [1.29, 1.82) is 0 Å². The van der Waals surface area contributed by atoms with Crippen LogP contribution in [0.3, 0.4) is 0 Å². The van der Waals surface area contributed by atoms with Crippen LogP contribution in [0.15, 0.2) is 121 Å². The molecule has 0 atom stereocenters. The number of para-hydroxylation sites is 2. The highest BCUT2D eigenvalue weighted by molar-refractivity contribution is 6.40. The number of hydrogen-bond donors (Lipinski definition) is 2. The lowest BCUT2D eigenvalue weighted by Crippen LogP contribution is -2.16. The first-order valence-corrected chi connectivity index (χ1v) is 22.7. The first-order chi connectivity index (χ1) is 29.1. The fourth-order valence-corrected chi connectivity index (χ4v) is 9.69. The minimum atomic E-state index is -0.0279. The van der Waals surface area contributed by atoms with Crippen LogP contribution in [0.1, 0.15) is 105 Å². The van der Waals surface area contributed by atoms with Crippen molar-refractivity contribution in [2.45, 2.75) is 105 Å². The Labute approximate surface area is 377 Å². The second-order valence-electron chi connectivity index (χ2n) is 21.5. The minimum Gasteiger partial charge on any atom is -0.353 e. The molecule has 0 spiro atoms. The summed E-state index contributed by atoms with van der Waals surface area (Å²) in [5.41, 5.74) is 18.2. The summed E-state index contributed by atoms with van der Waals surface area (Å²) in [5, 5.41) is 5.88. The summed E-state index contributed by atoms with van der Waals surface area (Å²) in [4.78, 5) is 8.22. The molecule has 0 aliphatic carbocycles. The molecule has 0 aliphatic heterocycles. The van der Waals surface area contributed by atoms with Gasteiger partial charge >= 0.3 is 0 Å². The summed E-state index contributed by atoms with van der Waals surface area (Å²) in [5.74, 6) is 0. The Balaban J connectivity index is 1.48. The van der Waals surface area contributed by atoms with Gasteiger partial charge in [-0.2, -0.15) is 0 Å². The van der Waals surface area contributed by atoms with Gasteiger partial charge in [-0.1, -0.05) is 215 Å². The normalized spacial score (nSPS) is 13.0. The highest BCUT2D eigenvalue weighted by Gasteiger charge is 2.29. The lowest BCUT2D eigenvalue weighted by Gasteiger charge is -2.26. The van der Waals surface area contributed by atoms with Gasteiger partial charge in [0.2, 0.25) is 0 Å². The van der Waals surface area contributed by atoms with Crippen LogP contribution in [-0.4, -0.2) is 9.97 Å². The third kappa shape index (κ3) is 7.14. The standard InChI is InChI=1S/C58H58Cl2N2/c1-55(2,3)35-27-33(28-36(31-35)56(4,5)6)39-21-17-23-43-49-47(41-19-13-15-25-45(41)59)54-50(48(53(49)61-51(39)43)42-20-14-16-26-46(42)60)44-24-18-22-40(52(44)62-54)34-29-37(57(7,8)9)32-38(30-34)58(10,11)12/h13-32,61-62H,1-12H3. The van der Waals surface area contributed by atoms with Crippen molar-refractivity contribution >= 4 is 66.8 Å². The minimum absolute atomic E-state index is 0.0279. The molecule has 0 radical (unpaired) electrons. The maximum absolute atomic E-state index is 7.31. The molecule has 0 aliphatic rings. The van der Waals surface area contributed by atoms with Crippen molar-refractivity contribution in [2.24, 2.45) is 0 Å². The largest absolute Gasteiger partial charge is 0.353 e. The summed E-state index contributed by atoms with van der Waals surface area (Å²) >= 11 is 14.6. The van der Waals surface area contributed by atoms with Crippen LogP contribution < -0.4 is 0 Å². The van der Waals surface area contributed by atoms with Crippen molar-refractivity contribution in [3.05, 3.63) is 154 Å². The molecule has 4 heteroatoms. The number of aromatic amines is 2. The molecule has 62 heavy (non-hydrogen) atoms. The molecule has 314 valence electrons. The molecule has 2 heterocycles. The summed E-state index contributed by atoms with van der Waals surface area (Å²) in [7, 11) is 0. The van der Waals surface area contributed by atoms with E-state index in [4.69, 9.17) is 23.2 Å². The second kappa shape index (κ2) is 14.6. The fourth-order valence-electron chi connectivity index (χ4n) is 9.23. The van der Waals surface area contributed by atoms with Gasteiger partial charge in [0.15, 0.2) is 0 Å².